The molecule has 0 aliphatic rings. The van der Waals surface area contributed by atoms with Gasteiger partial charge in [0.1, 0.15) is 11.7 Å². The van der Waals surface area contributed by atoms with Crippen molar-refractivity contribution in [2.45, 2.75) is 26.3 Å². The van der Waals surface area contributed by atoms with Gasteiger partial charge in [0.25, 0.3) is 0 Å². The number of nitrogens with two attached hydrogens (primary N) is 1. The summed E-state index contributed by atoms with van der Waals surface area (Å²) in [5, 5.41) is 8.72. The number of carbonyl (C=O) groups excluding carboxylic acids is 1. The minimum Gasteiger partial charge on any atom is -0.368 e. The lowest BCUT2D eigenvalue weighted by atomic mass is 10.0. The number of rotatable bonds is 5. The Bertz CT molecular complexity index is 941. The fraction of sp³-hybridized carbons (Fsp3) is 0.294. The fourth-order valence-corrected chi connectivity index (χ4v) is 2.69. The maximum absolute atomic E-state index is 12.2. The Morgan fingerprint density at radius 2 is 2.08 bits per heavy atom. The van der Waals surface area contributed by atoms with E-state index in [0.29, 0.717) is 23.2 Å². The number of carbonyl (C=O) groups is 1. The molecule has 0 radical (unpaired) electrons. The van der Waals surface area contributed by atoms with Crippen LogP contribution in [0.15, 0.2) is 41.3 Å². The average Bonchev–Trinajstić information content (AvgIpc) is 3.02. The average molecular weight is 325 g/mol. The normalized spacial score (nSPS) is 12.6. The second-order valence-electron chi connectivity index (χ2n) is 6.22. The van der Waals surface area contributed by atoms with Crippen LogP contribution in [0, 0.1) is 5.92 Å². The molecule has 1 aromatic carbocycles. The zero-order chi connectivity index (χ0) is 17.3. The molecule has 0 aliphatic heterocycles. The summed E-state index contributed by atoms with van der Waals surface area (Å²) in [6.07, 6.45) is 2.21. The van der Waals surface area contributed by atoms with Crippen LogP contribution in [0.5, 0.6) is 0 Å². The van der Waals surface area contributed by atoms with Gasteiger partial charge in [-0.3, -0.25) is 9.59 Å². The van der Waals surface area contributed by atoms with E-state index in [1.807, 2.05) is 32.0 Å². The van der Waals surface area contributed by atoms with Gasteiger partial charge in [-0.25, -0.2) is 4.68 Å². The zero-order valence-electron chi connectivity index (χ0n) is 13.6. The molecule has 1 amide bonds. The first-order valence-electron chi connectivity index (χ1n) is 7.79. The molecule has 3 aromatic rings. The van der Waals surface area contributed by atoms with Crippen LogP contribution in [0.2, 0.25) is 0 Å². The number of aromatic nitrogens is 4. The van der Waals surface area contributed by atoms with Crippen LogP contribution in [0.25, 0.3) is 22.3 Å². The van der Waals surface area contributed by atoms with E-state index in [2.05, 4.69) is 15.3 Å². The van der Waals surface area contributed by atoms with Gasteiger partial charge in [-0.2, -0.15) is 0 Å². The third kappa shape index (κ3) is 3.05. The lowest BCUT2D eigenvalue weighted by Crippen LogP contribution is -2.28. The molecule has 24 heavy (non-hydrogen) atoms. The molecule has 3 N–H and O–H groups in total. The monoisotopic (exact) mass is 325 g/mol. The zero-order valence-corrected chi connectivity index (χ0v) is 13.6. The molecule has 0 bridgehead atoms. The van der Waals surface area contributed by atoms with Gasteiger partial charge in [-0.1, -0.05) is 31.2 Å². The fourth-order valence-electron chi connectivity index (χ4n) is 2.69. The summed E-state index contributed by atoms with van der Waals surface area (Å²) in [7, 11) is 0. The van der Waals surface area contributed by atoms with E-state index in [1.165, 1.54) is 10.7 Å². The van der Waals surface area contributed by atoms with E-state index in [1.54, 1.807) is 12.3 Å². The molecule has 0 unspecified atom stereocenters. The molecule has 0 saturated heterocycles. The van der Waals surface area contributed by atoms with Crippen LogP contribution >= 0.6 is 0 Å². The quantitative estimate of drug-likeness (QED) is 0.746. The van der Waals surface area contributed by atoms with Gasteiger partial charge in [0.15, 0.2) is 5.43 Å². The Hall–Kier alpha value is -2.96. The van der Waals surface area contributed by atoms with Crippen LogP contribution in [0.4, 0.5) is 0 Å². The molecular weight excluding hydrogens is 306 g/mol. The Morgan fingerprint density at radius 1 is 1.33 bits per heavy atom. The predicted octanol–water partition coefficient (Wildman–Crippen LogP) is 1.86. The van der Waals surface area contributed by atoms with Crippen LogP contribution in [-0.2, 0) is 4.79 Å². The number of amides is 1. The van der Waals surface area contributed by atoms with E-state index in [-0.39, 0.29) is 11.3 Å². The predicted molar refractivity (Wildman–Crippen MR) is 91.3 cm³/mol. The molecule has 7 nitrogen and oxygen atoms in total. The molecule has 0 spiro atoms. The molecule has 124 valence electrons. The van der Waals surface area contributed by atoms with Gasteiger partial charge in [-0.05, 0) is 24.5 Å². The van der Waals surface area contributed by atoms with Crippen molar-refractivity contribution in [1.29, 1.82) is 0 Å². The minimum atomic E-state index is -0.557. The molecule has 7 heteroatoms. The summed E-state index contributed by atoms with van der Waals surface area (Å²) in [5.41, 5.74) is 7.16. The summed E-state index contributed by atoms with van der Waals surface area (Å²) in [5.74, 6) is -0.164. The third-order valence-electron chi connectivity index (χ3n) is 3.87. The molecule has 2 aromatic heterocycles. The number of hydrogen-bond donors (Lipinski definition) is 2. The van der Waals surface area contributed by atoms with Crippen LogP contribution in [-0.4, -0.2) is 25.9 Å². The first-order valence-corrected chi connectivity index (χ1v) is 7.79. The van der Waals surface area contributed by atoms with Crippen molar-refractivity contribution in [3.05, 3.63) is 46.8 Å². The summed E-state index contributed by atoms with van der Waals surface area (Å²) in [6.45, 7) is 4.02. The molecule has 1 atom stereocenters. The summed E-state index contributed by atoms with van der Waals surface area (Å²) in [6, 6.07) is 8.19. The number of benzene rings is 1. The third-order valence-corrected chi connectivity index (χ3v) is 3.87. The largest absolute Gasteiger partial charge is 0.368 e. The second-order valence-corrected chi connectivity index (χ2v) is 6.22. The van der Waals surface area contributed by atoms with E-state index in [4.69, 9.17) is 5.73 Å². The number of nitrogens with one attached hydrogen (secondary N) is 1. The van der Waals surface area contributed by atoms with Gasteiger partial charge in [0.2, 0.25) is 5.91 Å². The van der Waals surface area contributed by atoms with Gasteiger partial charge in [-0.15, -0.1) is 5.10 Å². The lowest BCUT2D eigenvalue weighted by molar-refractivity contribution is -0.121. The van der Waals surface area contributed by atoms with Gasteiger partial charge in [0.05, 0.1) is 11.9 Å². The van der Waals surface area contributed by atoms with Crippen LogP contribution in [0.3, 0.4) is 0 Å². The highest BCUT2D eigenvalue weighted by Crippen LogP contribution is 2.20. The minimum absolute atomic E-state index is 0.0949. The van der Waals surface area contributed by atoms with Crippen molar-refractivity contribution in [3.8, 4) is 11.4 Å². The smallest absolute Gasteiger partial charge is 0.242 e. The molecule has 0 fully saturated rings. The van der Waals surface area contributed by atoms with Crippen LogP contribution in [0.1, 0.15) is 26.3 Å². The number of nitrogens with zero attached hydrogens (tertiary/aromatic N) is 3. The summed E-state index contributed by atoms with van der Waals surface area (Å²) < 4.78 is 1.46. The molecule has 3 rings (SSSR count). The Labute approximate surface area is 138 Å². The number of pyridine rings is 1. The van der Waals surface area contributed by atoms with Crippen molar-refractivity contribution >= 4 is 16.8 Å². The maximum atomic E-state index is 12.2. The Balaban J connectivity index is 2.01. The standard InChI is InChI=1S/C17H19N5O2/c1-10(2)7-15(17(18)24)22-9-14(20-21-22)13-8-16(23)11-5-3-4-6-12(11)19-13/h3-6,8-10,15H,7H2,1-2H3,(H2,18,24)(H,19,23)/t15-/m0/s1. The topological polar surface area (TPSA) is 107 Å². The van der Waals surface area contributed by atoms with Gasteiger partial charge >= 0.3 is 0 Å². The first-order chi connectivity index (χ1) is 11.5. The number of fused-ring (bicyclic) bond motifs is 1. The number of hydrogen-bond acceptors (Lipinski definition) is 4. The van der Waals surface area contributed by atoms with Crippen molar-refractivity contribution in [2.75, 3.05) is 0 Å². The Kier molecular flexibility index (Phi) is 4.16. The number of para-hydroxylation sites is 1. The van der Waals surface area contributed by atoms with E-state index < -0.39 is 11.9 Å². The molecule has 0 aliphatic carbocycles. The molecule has 2 heterocycles. The maximum Gasteiger partial charge on any atom is 0.242 e. The summed E-state index contributed by atoms with van der Waals surface area (Å²) in [4.78, 5) is 27.1. The molecule has 0 saturated carbocycles. The van der Waals surface area contributed by atoms with Gasteiger partial charge in [0, 0.05) is 17.0 Å². The molecular formula is C17H19N5O2. The highest BCUT2D eigenvalue weighted by Gasteiger charge is 2.21. The van der Waals surface area contributed by atoms with Crippen molar-refractivity contribution in [1.82, 2.24) is 20.0 Å². The number of H-pyrrole nitrogens is 1. The van der Waals surface area contributed by atoms with E-state index >= 15 is 0 Å². The lowest BCUT2D eigenvalue weighted by Gasteiger charge is -2.14. The van der Waals surface area contributed by atoms with Crippen molar-refractivity contribution in [3.63, 3.8) is 0 Å². The van der Waals surface area contributed by atoms with Gasteiger partial charge < -0.3 is 10.7 Å². The highest BCUT2D eigenvalue weighted by atomic mass is 16.1. The highest BCUT2D eigenvalue weighted by molar-refractivity contribution is 5.81. The number of aromatic amines is 1. The first kappa shape index (κ1) is 15.9. The van der Waals surface area contributed by atoms with Crippen molar-refractivity contribution in [2.24, 2.45) is 11.7 Å². The summed E-state index contributed by atoms with van der Waals surface area (Å²) >= 11 is 0. The van der Waals surface area contributed by atoms with E-state index in [0.717, 1.165) is 5.52 Å². The SMILES string of the molecule is CC(C)C[C@@H](C(N)=O)n1cc(-c2cc(=O)c3ccccc3[nH]2)nn1. The second kappa shape index (κ2) is 6.27. The van der Waals surface area contributed by atoms with Crippen LogP contribution < -0.4 is 11.2 Å². The number of primary amides is 1. The van der Waals surface area contributed by atoms with E-state index in [9.17, 15) is 9.59 Å². The van der Waals surface area contributed by atoms with Crippen molar-refractivity contribution < 1.29 is 4.79 Å². The Morgan fingerprint density at radius 3 is 2.79 bits per heavy atom.